The van der Waals surface area contributed by atoms with Gasteiger partial charge in [0, 0.05) is 7.05 Å². The van der Waals surface area contributed by atoms with Gasteiger partial charge in [0.25, 0.3) is 0 Å². The van der Waals surface area contributed by atoms with Crippen LogP contribution in [0.3, 0.4) is 0 Å². The molecule has 0 aliphatic rings. The molecule has 0 aliphatic heterocycles. The first-order valence-electron chi connectivity index (χ1n) is 8.94. The molecule has 0 spiro atoms. The predicted octanol–water partition coefficient (Wildman–Crippen LogP) is 6.85. The zero-order valence-electron chi connectivity index (χ0n) is 16.9. The molecular weight excluding hydrogens is 290 g/mol. The molecule has 0 N–H and O–H groups in total. The normalized spacial score (nSPS) is 14.9. The lowest BCUT2D eigenvalue weighted by Crippen LogP contribution is -2.13. The lowest BCUT2D eigenvalue weighted by atomic mass is 9.79. The minimum Gasteiger partial charge on any atom is -0.288 e. The van der Waals surface area contributed by atoms with Gasteiger partial charge in [-0.25, -0.2) is 0 Å². The summed E-state index contributed by atoms with van der Waals surface area (Å²) in [5.74, 6) is 0. The molecule has 1 nitrogen and oxygen atoms in total. The average molecular weight is 326 g/mol. The summed E-state index contributed by atoms with van der Waals surface area (Å²) in [5.41, 5.74) is 5.60. The first-order valence-corrected chi connectivity index (χ1v) is 8.94. The van der Waals surface area contributed by atoms with E-state index >= 15 is 0 Å². The molecule has 0 atom stereocenters. The van der Waals surface area contributed by atoms with Gasteiger partial charge in [-0.1, -0.05) is 78.0 Å². The zero-order valence-corrected chi connectivity index (χ0v) is 16.9. The first kappa shape index (κ1) is 20.4. The van der Waals surface area contributed by atoms with Crippen molar-refractivity contribution in [2.24, 2.45) is 15.8 Å². The van der Waals surface area contributed by atoms with Crippen molar-refractivity contribution in [3.05, 3.63) is 59.2 Å². The summed E-state index contributed by atoms with van der Waals surface area (Å²) in [5, 5.41) is 0. The largest absolute Gasteiger partial charge is 0.288 e. The summed E-state index contributed by atoms with van der Waals surface area (Å²) in [6, 6.07) is 10.5. The summed E-state index contributed by atoms with van der Waals surface area (Å²) in [6.45, 7) is 16.0. The Morgan fingerprint density at radius 3 is 1.79 bits per heavy atom. The molecule has 1 aromatic rings. The maximum absolute atomic E-state index is 4.55. The highest BCUT2D eigenvalue weighted by Gasteiger charge is 2.20. The fourth-order valence-corrected chi connectivity index (χ4v) is 2.85. The Balaban J connectivity index is 3.31. The molecule has 0 amide bonds. The van der Waals surface area contributed by atoms with E-state index in [0.29, 0.717) is 0 Å². The number of nitrogens with zero attached hydrogens (tertiary/aromatic N) is 1. The lowest BCUT2D eigenvalue weighted by molar-refractivity contribution is 0.390. The molecule has 0 fully saturated rings. The molecule has 132 valence electrons. The van der Waals surface area contributed by atoms with E-state index in [-0.39, 0.29) is 10.8 Å². The minimum absolute atomic E-state index is 0.244. The molecule has 0 unspecified atom stereocenters. The quantitative estimate of drug-likeness (QED) is 0.414. The third kappa shape index (κ3) is 7.29. The van der Waals surface area contributed by atoms with Gasteiger partial charge in [0.2, 0.25) is 0 Å². The topological polar surface area (TPSA) is 12.4 Å². The Kier molecular flexibility index (Phi) is 7.20. The van der Waals surface area contributed by atoms with Gasteiger partial charge in [0.05, 0.1) is 5.71 Å². The van der Waals surface area contributed by atoms with E-state index in [0.717, 1.165) is 18.6 Å². The van der Waals surface area contributed by atoms with Crippen LogP contribution in [0.4, 0.5) is 0 Å². The fraction of sp³-hybridized carbons (Fsp3) is 0.522. The first-order chi connectivity index (χ1) is 11.1. The van der Waals surface area contributed by atoms with Gasteiger partial charge < -0.3 is 0 Å². The van der Waals surface area contributed by atoms with Gasteiger partial charge >= 0.3 is 0 Å². The molecule has 1 rings (SSSR count). The number of hydrogen-bond acceptors (Lipinski definition) is 1. The molecule has 0 radical (unpaired) electrons. The molecule has 0 aliphatic carbocycles. The third-order valence-electron chi connectivity index (χ3n) is 3.82. The second kappa shape index (κ2) is 8.46. The molecule has 1 aromatic carbocycles. The van der Waals surface area contributed by atoms with Crippen LogP contribution in [-0.4, -0.2) is 12.8 Å². The molecule has 0 saturated heterocycles. The van der Waals surface area contributed by atoms with Crippen molar-refractivity contribution in [2.75, 3.05) is 7.05 Å². The smallest absolute Gasteiger partial charge is 0.0645 e. The number of rotatable bonds is 5. The van der Waals surface area contributed by atoms with Gasteiger partial charge in [0.1, 0.15) is 0 Å². The van der Waals surface area contributed by atoms with Crippen LogP contribution in [0.25, 0.3) is 0 Å². The van der Waals surface area contributed by atoms with Crippen molar-refractivity contribution < 1.29 is 0 Å². The van der Waals surface area contributed by atoms with Crippen LogP contribution < -0.4 is 0 Å². The van der Waals surface area contributed by atoms with Crippen LogP contribution in [0.2, 0.25) is 0 Å². The second-order valence-electron chi connectivity index (χ2n) is 8.93. The third-order valence-corrected chi connectivity index (χ3v) is 3.82. The molecule has 0 bridgehead atoms. The monoisotopic (exact) mass is 325 g/mol. The Labute approximate surface area is 149 Å². The van der Waals surface area contributed by atoms with Crippen molar-refractivity contribution in [3.63, 3.8) is 0 Å². The van der Waals surface area contributed by atoms with E-state index in [1.807, 2.05) is 13.1 Å². The van der Waals surface area contributed by atoms with E-state index in [9.17, 15) is 0 Å². The van der Waals surface area contributed by atoms with Gasteiger partial charge in [0.15, 0.2) is 0 Å². The van der Waals surface area contributed by atoms with Gasteiger partial charge in [-0.15, -0.1) is 0 Å². The zero-order chi connectivity index (χ0) is 18.4. The number of hydrogen-bond donors (Lipinski definition) is 0. The van der Waals surface area contributed by atoms with Gasteiger partial charge in [-0.3, -0.25) is 4.99 Å². The van der Waals surface area contributed by atoms with Crippen LogP contribution in [0.15, 0.2) is 58.6 Å². The highest BCUT2D eigenvalue weighted by molar-refractivity contribution is 6.09. The number of allylic oxidation sites excluding steroid dienone is 4. The van der Waals surface area contributed by atoms with Crippen molar-refractivity contribution in [2.45, 2.75) is 61.3 Å². The molecule has 0 aromatic heterocycles. The van der Waals surface area contributed by atoms with E-state index in [1.165, 1.54) is 16.7 Å². The second-order valence-corrected chi connectivity index (χ2v) is 8.93. The summed E-state index contributed by atoms with van der Waals surface area (Å²) in [4.78, 5) is 4.55. The number of benzene rings is 1. The Bertz CT molecular complexity index is 602. The number of aliphatic imine (C=N–C) groups is 1. The van der Waals surface area contributed by atoms with Crippen LogP contribution in [0, 0.1) is 10.8 Å². The molecule has 0 saturated carbocycles. The average Bonchev–Trinajstić information content (AvgIpc) is 2.48. The maximum atomic E-state index is 4.55. The molecule has 1 heteroatoms. The fourth-order valence-electron chi connectivity index (χ4n) is 2.85. The van der Waals surface area contributed by atoms with E-state index in [2.05, 4.69) is 89.9 Å². The van der Waals surface area contributed by atoms with Crippen molar-refractivity contribution in [3.8, 4) is 0 Å². The Morgan fingerprint density at radius 1 is 0.875 bits per heavy atom. The maximum Gasteiger partial charge on any atom is 0.0645 e. The summed E-state index contributed by atoms with van der Waals surface area (Å²) in [7, 11) is 1.88. The van der Waals surface area contributed by atoms with Crippen molar-refractivity contribution in [1.29, 1.82) is 0 Å². The molecular formula is C23H35N. The Hall–Kier alpha value is -1.63. The summed E-state index contributed by atoms with van der Waals surface area (Å²) in [6.07, 6.45) is 6.70. The SMILES string of the molecule is C/C=C(CC(C)(C)C)\C(=C/C(=NC)c1ccccc1)CC(C)(C)C. The van der Waals surface area contributed by atoms with Crippen molar-refractivity contribution in [1.82, 2.24) is 0 Å². The predicted molar refractivity (Wildman–Crippen MR) is 109 cm³/mol. The van der Waals surface area contributed by atoms with Crippen LogP contribution >= 0.6 is 0 Å². The molecule has 24 heavy (non-hydrogen) atoms. The van der Waals surface area contributed by atoms with E-state index in [1.54, 1.807) is 0 Å². The molecule has 0 heterocycles. The van der Waals surface area contributed by atoms with Crippen LogP contribution in [-0.2, 0) is 0 Å². The highest BCUT2D eigenvalue weighted by Crippen LogP contribution is 2.34. The standard InChI is InChI=1S/C23H35N/c1-9-18(16-22(2,3)4)20(17-23(5,6)7)15-21(24-8)19-13-11-10-12-14-19/h9-15H,16-17H2,1-8H3/b18-9-,20-15-,24-21?. The van der Waals surface area contributed by atoms with Gasteiger partial charge in [-0.05, 0) is 53.4 Å². The Morgan fingerprint density at radius 2 is 1.38 bits per heavy atom. The van der Waals surface area contributed by atoms with E-state index < -0.39 is 0 Å². The lowest BCUT2D eigenvalue weighted by Gasteiger charge is -2.27. The van der Waals surface area contributed by atoms with Crippen LogP contribution in [0.1, 0.15) is 66.9 Å². The van der Waals surface area contributed by atoms with E-state index in [4.69, 9.17) is 0 Å². The van der Waals surface area contributed by atoms with Gasteiger partial charge in [-0.2, -0.15) is 0 Å². The highest BCUT2D eigenvalue weighted by atomic mass is 14.7. The summed E-state index contributed by atoms with van der Waals surface area (Å²) >= 11 is 0. The van der Waals surface area contributed by atoms with Crippen LogP contribution in [0.5, 0.6) is 0 Å². The summed E-state index contributed by atoms with van der Waals surface area (Å²) < 4.78 is 0. The minimum atomic E-state index is 0.244. The van der Waals surface area contributed by atoms with Crippen molar-refractivity contribution >= 4 is 5.71 Å².